The van der Waals surface area contributed by atoms with Gasteiger partial charge in [0.05, 0.1) is 28.4 Å². The minimum Gasteiger partial charge on any atom is -0.301 e. The van der Waals surface area contributed by atoms with Gasteiger partial charge in [-0.05, 0) is 34.5 Å². The minimum absolute atomic E-state index is 0.335. The normalized spacial score (nSPS) is 10.7. The second-order valence-electron chi connectivity index (χ2n) is 4.67. The van der Waals surface area contributed by atoms with Crippen LogP contribution in [0.2, 0.25) is 0 Å². The molecule has 0 unspecified atom stereocenters. The molecular formula is C16H12BrN3. The molecule has 0 aliphatic heterocycles. The molecule has 0 bridgehead atoms. The summed E-state index contributed by atoms with van der Waals surface area (Å²) in [6.07, 6.45) is 2.35. The molecule has 0 atom stereocenters. The molecule has 1 aromatic carbocycles. The summed E-state index contributed by atoms with van der Waals surface area (Å²) in [5.74, 6) is 0. The van der Waals surface area contributed by atoms with Crippen LogP contribution in [0.15, 0.2) is 47.1 Å². The molecule has 4 heteroatoms. The van der Waals surface area contributed by atoms with Gasteiger partial charge in [0.25, 0.3) is 0 Å². The Morgan fingerprint density at radius 3 is 2.75 bits per heavy atom. The maximum absolute atomic E-state index is 9.10. The fourth-order valence-corrected chi connectivity index (χ4v) is 2.99. The Labute approximate surface area is 125 Å². The molecule has 0 amide bonds. The predicted octanol–water partition coefficient (Wildman–Crippen LogP) is 4.14. The molecule has 2 heterocycles. The highest BCUT2D eigenvalue weighted by molar-refractivity contribution is 9.10. The first-order valence-corrected chi connectivity index (χ1v) is 7.09. The number of nitriles is 1. The van der Waals surface area contributed by atoms with Crippen LogP contribution in [0.1, 0.15) is 11.3 Å². The topological polar surface area (TPSA) is 41.1 Å². The summed E-state index contributed by atoms with van der Waals surface area (Å²) >= 11 is 3.55. The molecule has 0 spiro atoms. The molecule has 3 rings (SSSR count). The summed E-state index contributed by atoms with van der Waals surface area (Å²) in [7, 11) is 0. The van der Waals surface area contributed by atoms with E-state index in [9.17, 15) is 0 Å². The average molecular weight is 326 g/mol. The van der Waals surface area contributed by atoms with Crippen molar-refractivity contribution in [3.05, 3.63) is 58.3 Å². The molecule has 98 valence electrons. The molecule has 0 aliphatic rings. The van der Waals surface area contributed by atoms with E-state index in [1.807, 2.05) is 53.9 Å². The number of halogens is 1. The zero-order valence-electron chi connectivity index (χ0n) is 11.0. The first kappa shape index (κ1) is 12.9. The highest BCUT2D eigenvalue weighted by Crippen LogP contribution is 2.28. The predicted molar refractivity (Wildman–Crippen MR) is 82.4 cm³/mol. The van der Waals surface area contributed by atoms with E-state index < -0.39 is 0 Å². The first-order valence-electron chi connectivity index (χ1n) is 6.30. The molecule has 3 nitrogen and oxygen atoms in total. The lowest BCUT2D eigenvalue weighted by Crippen LogP contribution is -1.94. The third-order valence-corrected chi connectivity index (χ3v) is 3.79. The lowest BCUT2D eigenvalue weighted by Gasteiger charge is -2.03. The third kappa shape index (κ3) is 2.10. The van der Waals surface area contributed by atoms with E-state index >= 15 is 0 Å². The maximum atomic E-state index is 9.10. The van der Waals surface area contributed by atoms with Gasteiger partial charge in [-0.25, -0.2) is 4.98 Å². The molecular weight excluding hydrogens is 314 g/mol. The van der Waals surface area contributed by atoms with Gasteiger partial charge in [0.1, 0.15) is 0 Å². The quantitative estimate of drug-likeness (QED) is 0.710. The number of pyridine rings is 1. The third-order valence-electron chi connectivity index (χ3n) is 3.20. The Morgan fingerprint density at radius 1 is 1.30 bits per heavy atom. The van der Waals surface area contributed by atoms with Crippen LogP contribution < -0.4 is 0 Å². The summed E-state index contributed by atoms with van der Waals surface area (Å²) in [6.45, 7) is 2.03. The van der Waals surface area contributed by atoms with Crippen molar-refractivity contribution in [2.24, 2.45) is 0 Å². The van der Waals surface area contributed by atoms with Gasteiger partial charge < -0.3 is 4.40 Å². The van der Waals surface area contributed by atoms with Gasteiger partial charge in [0.15, 0.2) is 5.65 Å². The largest absolute Gasteiger partial charge is 0.301 e. The number of fused-ring (bicyclic) bond motifs is 1. The number of hydrogen-bond acceptors (Lipinski definition) is 2. The molecule has 0 fully saturated rings. The van der Waals surface area contributed by atoms with Crippen LogP contribution in [0.4, 0.5) is 0 Å². The number of nitrogens with zero attached hydrogens (tertiary/aromatic N) is 3. The van der Waals surface area contributed by atoms with Crippen LogP contribution in [-0.2, 0) is 6.42 Å². The smallest absolute Gasteiger partial charge is 0.152 e. The fraction of sp³-hybridized carbons (Fsp3) is 0.125. The van der Waals surface area contributed by atoms with Crippen molar-refractivity contribution in [3.8, 4) is 17.3 Å². The number of aryl methyl sites for hydroxylation is 1. The summed E-state index contributed by atoms with van der Waals surface area (Å²) in [5, 5.41) is 9.10. The van der Waals surface area contributed by atoms with E-state index in [0.29, 0.717) is 6.42 Å². The molecule has 0 aliphatic carbocycles. The van der Waals surface area contributed by atoms with Crippen molar-refractivity contribution < 1.29 is 0 Å². The molecule has 0 saturated heterocycles. The molecule has 2 aromatic heterocycles. The molecule has 0 radical (unpaired) electrons. The Bertz CT molecular complexity index is 813. The standard InChI is InChI=1S/C16H12BrN3/c1-11-9-13(17)16-19-15(12-5-3-2-4-6-12)14(7-8-18)20(16)10-11/h2-6,9-10H,7H2,1H3. The number of hydrogen-bond donors (Lipinski definition) is 0. The number of aromatic nitrogens is 2. The van der Waals surface area contributed by atoms with E-state index in [-0.39, 0.29) is 0 Å². The van der Waals surface area contributed by atoms with E-state index in [0.717, 1.165) is 32.6 Å². The maximum Gasteiger partial charge on any atom is 0.152 e. The van der Waals surface area contributed by atoms with Crippen molar-refractivity contribution in [3.63, 3.8) is 0 Å². The van der Waals surface area contributed by atoms with E-state index in [1.165, 1.54) is 0 Å². The molecule has 20 heavy (non-hydrogen) atoms. The second-order valence-corrected chi connectivity index (χ2v) is 5.52. The zero-order chi connectivity index (χ0) is 14.1. The first-order chi connectivity index (χ1) is 9.70. The van der Waals surface area contributed by atoms with Crippen molar-refractivity contribution >= 4 is 21.6 Å². The van der Waals surface area contributed by atoms with E-state index in [4.69, 9.17) is 10.2 Å². The Balaban J connectivity index is 2.35. The van der Waals surface area contributed by atoms with Crippen LogP contribution in [0.3, 0.4) is 0 Å². The van der Waals surface area contributed by atoms with Gasteiger partial charge in [-0.1, -0.05) is 30.3 Å². The van der Waals surface area contributed by atoms with Crippen molar-refractivity contribution in [2.45, 2.75) is 13.3 Å². The van der Waals surface area contributed by atoms with Crippen LogP contribution in [0.5, 0.6) is 0 Å². The molecule has 0 saturated carbocycles. The molecule has 0 N–H and O–H groups in total. The highest BCUT2D eigenvalue weighted by Gasteiger charge is 2.15. The summed E-state index contributed by atoms with van der Waals surface area (Å²) in [4.78, 5) is 4.71. The van der Waals surface area contributed by atoms with Crippen LogP contribution in [0.25, 0.3) is 16.9 Å². The van der Waals surface area contributed by atoms with E-state index in [1.54, 1.807) is 0 Å². The number of rotatable bonds is 2. The second kappa shape index (κ2) is 5.10. The zero-order valence-corrected chi connectivity index (χ0v) is 12.6. The summed E-state index contributed by atoms with van der Waals surface area (Å²) < 4.78 is 2.95. The highest BCUT2D eigenvalue weighted by atomic mass is 79.9. The monoisotopic (exact) mass is 325 g/mol. The van der Waals surface area contributed by atoms with Crippen molar-refractivity contribution in [2.75, 3.05) is 0 Å². The van der Waals surface area contributed by atoms with E-state index in [2.05, 4.69) is 22.0 Å². The molecule has 3 aromatic rings. The van der Waals surface area contributed by atoms with Crippen LogP contribution in [-0.4, -0.2) is 9.38 Å². The Hall–Kier alpha value is -2.12. The van der Waals surface area contributed by atoms with Gasteiger partial charge in [0.2, 0.25) is 0 Å². The average Bonchev–Trinajstić information content (AvgIpc) is 2.80. The van der Waals surface area contributed by atoms with Gasteiger partial charge >= 0.3 is 0 Å². The van der Waals surface area contributed by atoms with Crippen molar-refractivity contribution in [1.82, 2.24) is 9.38 Å². The number of benzene rings is 1. The SMILES string of the molecule is Cc1cc(Br)c2nc(-c3ccccc3)c(CC#N)n2c1. The van der Waals surface area contributed by atoms with Gasteiger partial charge in [0, 0.05) is 11.8 Å². The van der Waals surface area contributed by atoms with Gasteiger partial charge in [-0.2, -0.15) is 5.26 Å². The van der Waals surface area contributed by atoms with Gasteiger partial charge in [-0.15, -0.1) is 0 Å². The van der Waals surface area contributed by atoms with Crippen molar-refractivity contribution in [1.29, 1.82) is 5.26 Å². The summed E-state index contributed by atoms with van der Waals surface area (Å²) in [5.41, 5.74) is 4.81. The van der Waals surface area contributed by atoms with Gasteiger partial charge in [-0.3, -0.25) is 0 Å². The lowest BCUT2D eigenvalue weighted by atomic mass is 10.1. The summed E-state index contributed by atoms with van der Waals surface area (Å²) in [6, 6.07) is 14.2. The lowest BCUT2D eigenvalue weighted by molar-refractivity contribution is 1.04. The number of imidazole rings is 1. The minimum atomic E-state index is 0.335. The van der Waals surface area contributed by atoms with Crippen LogP contribution in [0, 0.1) is 18.3 Å². The Morgan fingerprint density at radius 2 is 2.05 bits per heavy atom. The Kier molecular flexibility index (Phi) is 3.29. The fourth-order valence-electron chi connectivity index (χ4n) is 2.35. The van der Waals surface area contributed by atoms with Crippen LogP contribution >= 0.6 is 15.9 Å².